The summed E-state index contributed by atoms with van der Waals surface area (Å²) in [5.41, 5.74) is 7.39. The van der Waals surface area contributed by atoms with Crippen molar-refractivity contribution in [3.05, 3.63) is 83.6 Å². The number of ether oxygens (including phenoxy) is 1. The van der Waals surface area contributed by atoms with Crippen molar-refractivity contribution < 1.29 is 23.1 Å². The molecule has 0 saturated heterocycles. The van der Waals surface area contributed by atoms with Crippen LogP contribution in [0.3, 0.4) is 0 Å². The van der Waals surface area contributed by atoms with Crippen LogP contribution in [0.1, 0.15) is 35.5 Å². The molecule has 2 heterocycles. The molecule has 1 aliphatic rings. The van der Waals surface area contributed by atoms with Gasteiger partial charge in [-0.25, -0.2) is 4.39 Å². The van der Waals surface area contributed by atoms with Crippen LogP contribution in [0.5, 0.6) is 5.75 Å². The Morgan fingerprint density at radius 3 is 2.72 bits per heavy atom. The smallest absolute Gasteiger partial charge is 0.279 e. The van der Waals surface area contributed by atoms with E-state index in [2.05, 4.69) is 34.8 Å². The molecule has 0 fully saturated rings. The van der Waals surface area contributed by atoms with Crippen molar-refractivity contribution >= 4 is 17.5 Å². The van der Waals surface area contributed by atoms with Gasteiger partial charge in [-0.2, -0.15) is 0 Å². The number of amides is 2. The lowest BCUT2D eigenvalue weighted by molar-refractivity contribution is -0.128. The van der Waals surface area contributed by atoms with Crippen molar-refractivity contribution in [3.63, 3.8) is 0 Å². The Labute approximate surface area is 185 Å². The number of furan rings is 1. The molecule has 2 unspecified atom stereocenters. The molecule has 2 N–H and O–H groups in total. The molecular weight excluding hydrogens is 413 g/mol. The summed E-state index contributed by atoms with van der Waals surface area (Å²) in [5, 5.41) is 0. The number of nitrogens with zero attached hydrogens (tertiary/aromatic N) is 1. The molecule has 1 aliphatic heterocycles. The minimum Gasteiger partial charge on any atom is -0.478 e. The van der Waals surface area contributed by atoms with E-state index in [1.54, 1.807) is 12.1 Å². The second-order valence-corrected chi connectivity index (χ2v) is 7.70. The molecule has 8 heteroatoms. The molecule has 0 radical (unpaired) electrons. The minimum absolute atomic E-state index is 0.0430. The molecule has 2 atom stereocenters. The summed E-state index contributed by atoms with van der Waals surface area (Å²) in [5.74, 6) is -1.25. The van der Waals surface area contributed by atoms with E-state index in [1.807, 2.05) is 12.1 Å². The summed E-state index contributed by atoms with van der Waals surface area (Å²) in [6, 6.07) is 15.8. The number of halogens is 1. The van der Waals surface area contributed by atoms with Crippen molar-refractivity contribution in [1.82, 2.24) is 10.9 Å². The van der Waals surface area contributed by atoms with Crippen LogP contribution in [-0.4, -0.2) is 24.0 Å². The number of benzene rings is 2. The highest BCUT2D eigenvalue weighted by atomic mass is 19.1. The molecule has 0 bridgehead atoms. The minimum atomic E-state index is -1.02. The summed E-state index contributed by atoms with van der Waals surface area (Å²) in [7, 11) is 0. The topological polar surface area (TPSA) is 83.8 Å². The molecule has 0 saturated carbocycles. The lowest BCUT2D eigenvalue weighted by Gasteiger charge is -2.24. The highest BCUT2D eigenvalue weighted by Crippen LogP contribution is 2.33. The van der Waals surface area contributed by atoms with Gasteiger partial charge in [0.05, 0.1) is 18.4 Å². The Morgan fingerprint density at radius 1 is 1.16 bits per heavy atom. The zero-order chi connectivity index (χ0) is 22.7. The maximum absolute atomic E-state index is 13.7. The van der Waals surface area contributed by atoms with Gasteiger partial charge < -0.3 is 14.1 Å². The largest absolute Gasteiger partial charge is 0.478 e. The second kappa shape index (κ2) is 9.13. The van der Waals surface area contributed by atoms with Gasteiger partial charge in [0, 0.05) is 11.7 Å². The van der Waals surface area contributed by atoms with Crippen LogP contribution >= 0.6 is 0 Å². The van der Waals surface area contributed by atoms with Gasteiger partial charge in [-0.15, -0.1) is 0 Å². The van der Waals surface area contributed by atoms with E-state index in [1.165, 1.54) is 36.9 Å². The van der Waals surface area contributed by atoms with Crippen molar-refractivity contribution in [1.29, 1.82) is 0 Å². The van der Waals surface area contributed by atoms with Gasteiger partial charge in [-0.3, -0.25) is 20.4 Å². The first-order chi connectivity index (χ1) is 15.4. The molecule has 2 aromatic carbocycles. The molecule has 3 aromatic rings. The molecule has 0 aliphatic carbocycles. The van der Waals surface area contributed by atoms with E-state index in [0.717, 1.165) is 12.1 Å². The van der Waals surface area contributed by atoms with Crippen LogP contribution in [0.25, 0.3) is 0 Å². The fourth-order valence-electron chi connectivity index (χ4n) is 3.76. The number of carbonyl (C=O) groups is 2. The Hall–Kier alpha value is -3.81. The number of anilines is 1. The van der Waals surface area contributed by atoms with Crippen LogP contribution in [0.4, 0.5) is 10.1 Å². The molecule has 4 rings (SSSR count). The molecular formula is C24H24FN3O4. The second-order valence-electron chi connectivity index (χ2n) is 7.70. The maximum Gasteiger partial charge on any atom is 0.279 e. The van der Waals surface area contributed by atoms with Crippen molar-refractivity contribution in [3.8, 4) is 5.75 Å². The number of para-hydroxylation sites is 2. The first kappa shape index (κ1) is 21.4. The maximum atomic E-state index is 13.7. The molecule has 0 spiro atoms. The number of hydrogen-bond donors (Lipinski definition) is 2. The number of carbonyl (C=O) groups excluding carboxylic acids is 2. The number of hydrazine groups is 1. The average molecular weight is 437 g/mol. The molecule has 32 heavy (non-hydrogen) atoms. The van der Waals surface area contributed by atoms with Gasteiger partial charge in [0.15, 0.2) is 17.7 Å². The van der Waals surface area contributed by atoms with Crippen molar-refractivity contribution in [2.75, 3.05) is 4.90 Å². The standard InChI is InChI=1S/C24H24FN3O4/c1-15-13-17-7-3-5-9-20(17)28(15)14-22-18(11-12-31-22)24(30)27-26-23(29)16(2)32-21-10-6-4-8-19(21)25/h3-12,15-16H,13-14H2,1-2H3,(H,26,29)(H,27,30). The molecule has 166 valence electrons. The molecule has 1 aromatic heterocycles. The van der Waals surface area contributed by atoms with E-state index in [-0.39, 0.29) is 11.8 Å². The van der Waals surface area contributed by atoms with Gasteiger partial charge in [0.25, 0.3) is 11.8 Å². The highest BCUT2D eigenvalue weighted by Gasteiger charge is 2.28. The van der Waals surface area contributed by atoms with Gasteiger partial charge in [0.1, 0.15) is 5.76 Å². The number of fused-ring (bicyclic) bond motifs is 1. The first-order valence-electron chi connectivity index (χ1n) is 10.4. The third-order valence-corrected chi connectivity index (χ3v) is 5.46. The number of nitrogens with one attached hydrogen (secondary N) is 2. The lowest BCUT2D eigenvalue weighted by Crippen LogP contribution is -2.47. The van der Waals surface area contributed by atoms with E-state index in [4.69, 9.17) is 9.15 Å². The molecule has 7 nitrogen and oxygen atoms in total. The van der Waals surface area contributed by atoms with Gasteiger partial charge >= 0.3 is 0 Å². The quantitative estimate of drug-likeness (QED) is 0.576. The zero-order valence-electron chi connectivity index (χ0n) is 17.8. The van der Waals surface area contributed by atoms with Crippen molar-refractivity contribution in [2.45, 2.75) is 39.0 Å². The zero-order valence-corrected chi connectivity index (χ0v) is 17.8. The molecule has 2 amide bonds. The van der Waals surface area contributed by atoms with Gasteiger partial charge in [-0.05, 0) is 50.1 Å². The summed E-state index contributed by atoms with van der Waals surface area (Å²) in [4.78, 5) is 27.1. The Bertz CT molecular complexity index is 1130. The van der Waals surface area contributed by atoms with Crippen LogP contribution < -0.4 is 20.5 Å². The fraction of sp³-hybridized carbons (Fsp3) is 0.250. The monoisotopic (exact) mass is 437 g/mol. The Balaban J connectivity index is 1.36. The predicted molar refractivity (Wildman–Crippen MR) is 117 cm³/mol. The van der Waals surface area contributed by atoms with Gasteiger partial charge in [0.2, 0.25) is 0 Å². The van der Waals surface area contributed by atoms with E-state index in [9.17, 15) is 14.0 Å². The third-order valence-electron chi connectivity index (χ3n) is 5.46. The lowest BCUT2D eigenvalue weighted by atomic mass is 10.1. The van der Waals surface area contributed by atoms with Crippen LogP contribution in [-0.2, 0) is 17.8 Å². The predicted octanol–water partition coefficient (Wildman–Crippen LogP) is 3.60. The number of hydrogen-bond acceptors (Lipinski definition) is 5. The first-order valence-corrected chi connectivity index (χ1v) is 10.4. The summed E-state index contributed by atoms with van der Waals surface area (Å²) in [6.07, 6.45) is 1.36. The van der Waals surface area contributed by atoms with E-state index < -0.39 is 23.7 Å². The van der Waals surface area contributed by atoms with E-state index in [0.29, 0.717) is 17.9 Å². The summed E-state index contributed by atoms with van der Waals surface area (Å²) in [6.45, 7) is 4.01. The average Bonchev–Trinajstić information content (AvgIpc) is 3.38. The highest BCUT2D eigenvalue weighted by molar-refractivity contribution is 5.96. The summed E-state index contributed by atoms with van der Waals surface area (Å²) >= 11 is 0. The Morgan fingerprint density at radius 2 is 1.91 bits per heavy atom. The Kier molecular flexibility index (Phi) is 6.11. The fourth-order valence-corrected chi connectivity index (χ4v) is 3.76. The number of rotatable bonds is 6. The van der Waals surface area contributed by atoms with E-state index >= 15 is 0 Å². The SMILES string of the molecule is CC(Oc1ccccc1F)C(=O)NNC(=O)c1ccoc1CN1c2ccccc2CC1C. The summed E-state index contributed by atoms with van der Waals surface area (Å²) < 4.78 is 24.6. The normalized spacial score (nSPS) is 15.7. The third kappa shape index (κ3) is 4.44. The van der Waals surface area contributed by atoms with Crippen LogP contribution in [0.2, 0.25) is 0 Å². The van der Waals surface area contributed by atoms with Crippen LogP contribution in [0, 0.1) is 5.82 Å². The van der Waals surface area contributed by atoms with Crippen molar-refractivity contribution in [2.24, 2.45) is 0 Å². The van der Waals surface area contributed by atoms with Crippen LogP contribution in [0.15, 0.2) is 65.3 Å². The van der Waals surface area contributed by atoms with Gasteiger partial charge in [-0.1, -0.05) is 30.3 Å².